The standard InChI is InChI=1S/C20H20F4N4O2S2/c1-12-8-13(10-14(9-12)27-18-25-5-2-16(28-18)20(22,23)24)15-11-26-17(31-15)19(21)3-6-32(29,30)7-4-19/h2,5,8-11,29-30H,3-4,6-7H2,1H3,(H,25,27,28). The quantitative estimate of drug-likeness (QED) is 0.369. The van der Waals surface area contributed by atoms with E-state index in [1.807, 2.05) is 13.0 Å². The molecule has 0 unspecified atom stereocenters. The summed E-state index contributed by atoms with van der Waals surface area (Å²) in [4.78, 5) is 12.3. The molecule has 4 rings (SSSR count). The van der Waals surface area contributed by atoms with Crippen LogP contribution >= 0.6 is 21.9 Å². The molecule has 1 saturated heterocycles. The predicted octanol–water partition coefficient (Wildman–Crippen LogP) is 6.38. The summed E-state index contributed by atoms with van der Waals surface area (Å²) < 4.78 is 73.6. The Morgan fingerprint density at radius 2 is 1.84 bits per heavy atom. The van der Waals surface area contributed by atoms with Gasteiger partial charge in [0.25, 0.3) is 0 Å². The van der Waals surface area contributed by atoms with E-state index in [0.29, 0.717) is 16.1 Å². The fourth-order valence-electron chi connectivity index (χ4n) is 3.41. The highest BCUT2D eigenvalue weighted by molar-refractivity contribution is 8.24. The molecule has 0 atom stereocenters. The van der Waals surface area contributed by atoms with Crippen molar-refractivity contribution in [1.29, 1.82) is 0 Å². The number of thiazole rings is 1. The van der Waals surface area contributed by atoms with Crippen LogP contribution in [0.2, 0.25) is 0 Å². The van der Waals surface area contributed by atoms with E-state index < -0.39 is 28.1 Å². The summed E-state index contributed by atoms with van der Waals surface area (Å²) in [6, 6.07) is 6.09. The molecule has 1 fully saturated rings. The van der Waals surface area contributed by atoms with Crippen molar-refractivity contribution < 1.29 is 26.7 Å². The Balaban J connectivity index is 1.58. The molecule has 3 N–H and O–H groups in total. The molecule has 1 aliphatic rings. The van der Waals surface area contributed by atoms with Crippen LogP contribution in [-0.2, 0) is 11.8 Å². The molecule has 172 valence electrons. The fourth-order valence-corrected chi connectivity index (χ4v) is 5.96. The third-order valence-electron chi connectivity index (χ3n) is 5.10. The molecule has 32 heavy (non-hydrogen) atoms. The maximum Gasteiger partial charge on any atom is 0.433 e. The van der Waals surface area contributed by atoms with Gasteiger partial charge in [0.05, 0.1) is 4.88 Å². The van der Waals surface area contributed by atoms with Gasteiger partial charge >= 0.3 is 6.18 Å². The van der Waals surface area contributed by atoms with Gasteiger partial charge < -0.3 is 5.32 Å². The molecule has 3 aromatic rings. The smallest absolute Gasteiger partial charge is 0.324 e. The lowest BCUT2D eigenvalue weighted by atomic mass is 10.0. The second kappa shape index (κ2) is 8.25. The second-order valence-electron chi connectivity index (χ2n) is 7.68. The van der Waals surface area contributed by atoms with Crippen LogP contribution in [0.1, 0.15) is 29.1 Å². The van der Waals surface area contributed by atoms with Gasteiger partial charge in [-0.25, -0.2) is 19.3 Å². The highest BCUT2D eigenvalue weighted by Gasteiger charge is 2.41. The van der Waals surface area contributed by atoms with Crippen LogP contribution in [-0.4, -0.2) is 35.6 Å². The van der Waals surface area contributed by atoms with Gasteiger partial charge in [0.15, 0.2) is 5.67 Å². The third kappa shape index (κ3) is 5.03. The van der Waals surface area contributed by atoms with Gasteiger partial charge in [-0.2, -0.15) is 23.8 Å². The van der Waals surface area contributed by atoms with E-state index in [1.54, 1.807) is 18.3 Å². The maximum atomic E-state index is 15.4. The number of halogens is 4. The molecule has 2 aromatic heterocycles. The van der Waals surface area contributed by atoms with Crippen molar-refractivity contribution in [3.05, 3.63) is 52.9 Å². The average Bonchev–Trinajstić information content (AvgIpc) is 3.21. The molecule has 3 heterocycles. The van der Waals surface area contributed by atoms with Crippen molar-refractivity contribution in [1.82, 2.24) is 15.0 Å². The summed E-state index contributed by atoms with van der Waals surface area (Å²) >= 11 is 1.17. The van der Waals surface area contributed by atoms with E-state index in [-0.39, 0.29) is 35.3 Å². The number of rotatable bonds is 4. The van der Waals surface area contributed by atoms with Crippen LogP contribution in [0.4, 0.5) is 29.2 Å². The highest BCUT2D eigenvalue weighted by atomic mass is 32.3. The number of aryl methyl sites for hydroxylation is 1. The van der Waals surface area contributed by atoms with Gasteiger partial charge in [-0.15, -0.1) is 11.3 Å². The zero-order valence-electron chi connectivity index (χ0n) is 16.9. The van der Waals surface area contributed by atoms with Gasteiger partial charge in [-0.05, 0) is 36.2 Å². The number of anilines is 2. The van der Waals surface area contributed by atoms with Gasteiger partial charge in [0.2, 0.25) is 5.95 Å². The van der Waals surface area contributed by atoms with E-state index in [1.165, 1.54) is 11.3 Å². The van der Waals surface area contributed by atoms with Crippen LogP contribution in [0, 0.1) is 6.92 Å². The van der Waals surface area contributed by atoms with Crippen LogP contribution in [0.5, 0.6) is 0 Å². The van der Waals surface area contributed by atoms with Gasteiger partial charge in [-0.3, -0.25) is 9.11 Å². The van der Waals surface area contributed by atoms with Crippen molar-refractivity contribution in [2.45, 2.75) is 31.6 Å². The summed E-state index contributed by atoms with van der Waals surface area (Å²) in [6.45, 7) is 1.83. The lowest BCUT2D eigenvalue weighted by Crippen LogP contribution is -2.31. The third-order valence-corrected chi connectivity index (χ3v) is 8.04. The van der Waals surface area contributed by atoms with Crippen molar-refractivity contribution in [2.24, 2.45) is 0 Å². The molecule has 0 spiro atoms. The first kappa shape index (κ1) is 22.9. The lowest BCUT2D eigenvalue weighted by molar-refractivity contribution is -0.141. The SMILES string of the molecule is Cc1cc(Nc2nccc(C(F)(F)F)n2)cc(-c2cnc(C3(F)CCS(O)(O)CC3)s2)c1. The second-order valence-corrected chi connectivity index (χ2v) is 11.1. The van der Waals surface area contributed by atoms with E-state index in [4.69, 9.17) is 0 Å². The molecule has 0 radical (unpaired) electrons. The molecule has 0 saturated carbocycles. The Bertz CT molecular complexity index is 1130. The van der Waals surface area contributed by atoms with Crippen molar-refractivity contribution in [3.8, 4) is 10.4 Å². The number of hydrogen-bond acceptors (Lipinski definition) is 7. The van der Waals surface area contributed by atoms with E-state index in [0.717, 1.165) is 17.8 Å². The van der Waals surface area contributed by atoms with E-state index in [2.05, 4.69) is 20.3 Å². The zero-order valence-corrected chi connectivity index (χ0v) is 18.5. The van der Waals surface area contributed by atoms with Gasteiger partial charge in [-0.1, -0.05) is 6.07 Å². The molecule has 0 bridgehead atoms. The maximum absolute atomic E-state index is 15.4. The summed E-state index contributed by atoms with van der Waals surface area (Å²) in [5, 5.41) is 3.07. The van der Waals surface area contributed by atoms with E-state index in [9.17, 15) is 22.3 Å². The molecule has 0 aliphatic carbocycles. The summed E-state index contributed by atoms with van der Waals surface area (Å²) in [6.07, 6.45) is -2.01. The number of alkyl halides is 4. The largest absolute Gasteiger partial charge is 0.433 e. The molecule has 1 aromatic carbocycles. The Kier molecular flexibility index (Phi) is 5.90. The Morgan fingerprint density at radius 3 is 2.53 bits per heavy atom. The van der Waals surface area contributed by atoms with Gasteiger partial charge in [0.1, 0.15) is 10.7 Å². The van der Waals surface area contributed by atoms with Crippen molar-refractivity contribution in [3.63, 3.8) is 0 Å². The molecular formula is C20H20F4N4O2S2. The van der Waals surface area contributed by atoms with Crippen LogP contribution in [0.15, 0.2) is 36.7 Å². The number of aromatic nitrogens is 3. The summed E-state index contributed by atoms with van der Waals surface area (Å²) in [5.41, 5.74) is -0.731. The lowest BCUT2D eigenvalue weighted by Gasteiger charge is -2.41. The minimum Gasteiger partial charge on any atom is -0.324 e. The Labute approximate surface area is 187 Å². The zero-order chi connectivity index (χ0) is 23.1. The molecule has 1 aliphatic heterocycles. The monoisotopic (exact) mass is 488 g/mol. The molecule has 0 amide bonds. The summed E-state index contributed by atoms with van der Waals surface area (Å²) in [5.74, 6) is -0.174. The fraction of sp³-hybridized carbons (Fsp3) is 0.350. The topological polar surface area (TPSA) is 91.2 Å². The first-order valence-electron chi connectivity index (χ1n) is 9.62. The number of benzene rings is 1. The summed E-state index contributed by atoms with van der Waals surface area (Å²) in [7, 11) is -2.71. The number of nitrogens with zero attached hydrogens (tertiary/aromatic N) is 3. The molecular weight excluding hydrogens is 468 g/mol. The van der Waals surface area contributed by atoms with Crippen LogP contribution in [0.25, 0.3) is 10.4 Å². The Hall–Kier alpha value is -2.28. The first-order chi connectivity index (χ1) is 14.9. The Morgan fingerprint density at radius 1 is 1.12 bits per heavy atom. The number of hydrogen-bond donors (Lipinski definition) is 3. The van der Waals surface area contributed by atoms with Crippen molar-refractivity contribution in [2.75, 3.05) is 16.8 Å². The molecule has 12 heteroatoms. The number of nitrogens with one attached hydrogen (secondary N) is 1. The van der Waals surface area contributed by atoms with Crippen LogP contribution < -0.4 is 5.32 Å². The minimum absolute atomic E-state index is 0.00417. The highest BCUT2D eigenvalue weighted by Crippen LogP contribution is 2.52. The van der Waals surface area contributed by atoms with E-state index >= 15 is 4.39 Å². The normalized spacial score (nSPS) is 18.8. The first-order valence-corrected chi connectivity index (χ1v) is 12.3. The average molecular weight is 489 g/mol. The van der Waals surface area contributed by atoms with Crippen LogP contribution in [0.3, 0.4) is 0 Å². The van der Waals surface area contributed by atoms with Gasteiger partial charge in [0, 0.05) is 42.4 Å². The predicted molar refractivity (Wildman–Crippen MR) is 117 cm³/mol. The molecule has 6 nitrogen and oxygen atoms in total. The minimum atomic E-state index is -4.58. The van der Waals surface area contributed by atoms with Crippen molar-refractivity contribution >= 4 is 33.6 Å².